The summed E-state index contributed by atoms with van der Waals surface area (Å²) in [5.74, 6) is -2.68. The van der Waals surface area contributed by atoms with E-state index >= 15 is 0 Å². The second kappa shape index (κ2) is 6.33. The van der Waals surface area contributed by atoms with Gasteiger partial charge in [-0.15, -0.1) is 0 Å². The monoisotopic (exact) mass is 328 g/mol. The number of carboxylic acid groups (broad SMARTS) is 1. The molecule has 6 nitrogen and oxygen atoms in total. The van der Waals surface area contributed by atoms with Gasteiger partial charge in [-0.2, -0.15) is 0 Å². The van der Waals surface area contributed by atoms with Gasteiger partial charge in [-0.05, 0) is 24.6 Å². The lowest BCUT2D eigenvalue weighted by Crippen LogP contribution is -2.43. The Balaban J connectivity index is 2.84. The van der Waals surface area contributed by atoms with Crippen molar-refractivity contribution in [2.45, 2.75) is 19.4 Å². The number of carboxylic acids is 1. The van der Waals surface area contributed by atoms with Crippen LogP contribution < -0.4 is 11.1 Å². The number of hydrogen-bond donors (Lipinski definition) is 3. The predicted octanol–water partition coefficient (Wildman–Crippen LogP) is 0.816. The van der Waals surface area contributed by atoms with Crippen LogP contribution in [0, 0.1) is 6.92 Å². The summed E-state index contributed by atoms with van der Waals surface area (Å²) in [6.45, 7) is 1.86. The van der Waals surface area contributed by atoms with Gasteiger partial charge in [0, 0.05) is 10.0 Å². The average molecular weight is 329 g/mol. The molecule has 0 aromatic heterocycles. The minimum atomic E-state index is -1.33. The van der Waals surface area contributed by atoms with Crippen LogP contribution in [0.3, 0.4) is 0 Å². The quantitative estimate of drug-likeness (QED) is 0.743. The summed E-state index contributed by atoms with van der Waals surface area (Å²) in [4.78, 5) is 33.5. The smallest absolute Gasteiger partial charge is 0.326 e. The van der Waals surface area contributed by atoms with E-state index in [4.69, 9.17) is 10.8 Å². The highest BCUT2D eigenvalue weighted by Gasteiger charge is 2.22. The average Bonchev–Trinajstić information content (AvgIpc) is 2.31. The minimum Gasteiger partial charge on any atom is -0.480 e. The zero-order chi connectivity index (χ0) is 14.6. The Kier molecular flexibility index (Phi) is 5.05. The number of carbonyl (C=O) groups excluding carboxylic acids is 2. The van der Waals surface area contributed by atoms with Gasteiger partial charge >= 0.3 is 5.97 Å². The molecule has 0 spiro atoms. The van der Waals surface area contributed by atoms with Crippen LogP contribution in [0.4, 0.5) is 0 Å². The van der Waals surface area contributed by atoms with Crippen molar-refractivity contribution in [1.82, 2.24) is 5.32 Å². The first-order valence-electron chi connectivity index (χ1n) is 5.39. The van der Waals surface area contributed by atoms with E-state index in [1.165, 1.54) is 0 Å². The lowest BCUT2D eigenvalue weighted by atomic mass is 10.1. The van der Waals surface area contributed by atoms with Crippen LogP contribution in [0.15, 0.2) is 22.7 Å². The Morgan fingerprint density at radius 3 is 2.53 bits per heavy atom. The highest BCUT2D eigenvalue weighted by atomic mass is 79.9. The van der Waals surface area contributed by atoms with Crippen LogP contribution in [0.1, 0.15) is 22.3 Å². The Morgan fingerprint density at radius 1 is 1.42 bits per heavy atom. The van der Waals surface area contributed by atoms with Crippen LogP contribution >= 0.6 is 15.9 Å². The van der Waals surface area contributed by atoms with Crippen LogP contribution in [-0.2, 0) is 9.59 Å². The van der Waals surface area contributed by atoms with E-state index in [0.717, 1.165) is 10.0 Å². The zero-order valence-corrected chi connectivity index (χ0v) is 11.7. The standard InChI is InChI=1S/C12H13BrN2O4/c1-6-2-3-7(4-8(6)13)11(17)15-9(12(18)19)5-10(14)16/h2-4,9H,5H2,1H3,(H2,14,16)(H,15,17)(H,18,19). The second-order valence-corrected chi connectivity index (χ2v) is 4.85. The molecule has 1 unspecified atom stereocenters. The van der Waals surface area contributed by atoms with E-state index in [1.54, 1.807) is 18.2 Å². The van der Waals surface area contributed by atoms with Gasteiger partial charge in [-0.3, -0.25) is 9.59 Å². The second-order valence-electron chi connectivity index (χ2n) is 4.00. The van der Waals surface area contributed by atoms with Gasteiger partial charge in [-0.1, -0.05) is 22.0 Å². The Hall–Kier alpha value is -1.89. The van der Waals surface area contributed by atoms with E-state index in [0.29, 0.717) is 5.56 Å². The molecule has 1 aromatic rings. The molecule has 2 amide bonds. The number of halogens is 1. The molecule has 0 bridgehead atoms. The van der Waals surface area contributed by atoms with E-state index in [-0.39, 0.29) is 0 Å². The van der Waals surface area contributed by atoms with Crippen LogP contribution in [-0.4, -0.2) is 28.9 Å². The van der Waals surface area contributed by atoms with E-state index in [9.17, 15) is 14.4 Å². The summed E-state index contributed by atoms with van der Waals surface area (Å²) < 4.78 is 0.738. The van der Waals surface area contributed by atoms with Crippen molar-refractivity contribution in [2.75, 3.05) is 0 Å². The van der Waals surface area contributed by atoms with Crippen molar-refractivity contribution in [2.24, 2.45) is 5.73 Å². The molecule has 4 N–H and O–H groups in total. The van der Waals surface area contributed by atoms with Gasteiger partial charge in [0.15, 0.2) is 0 Å². The number of primary amides is 1. The molecule has 0 radical (unpaired) electrons. The fourth-order valence-corrected chi connectivity index (χ4v) is 1.76. The van der Waals surface area contributed by atoms with Gasteiger partial charge in [-0.25, -0.2) is 4.79 Å². The van der Waals surface area contributed by atoms with Crippen LogP contribution in [0.5, 0.6) is 0 Å². The number of aryl methyl sites for hydroxylation is 1. The first-order chi connectivity index (χ1) is 8.81. The normalized spacial score (nSPS) is 11.7. The number of benzene rings is 1. The highest BCUT2D eigenvalue weighted by Crippen LogP contribution is 2.17. The molecule has 1 atom stereocenters. The maximum absolute atomic E-state index is 11.9. The van der Waals surface area contributed by atoms with E-state index < -0.39 is 30.2 Å². The largest absolute Gasteiger partial charge is 0.480 e. The van der Waals surface area contributed by atoms with Crippen molar-refractivity contribution < 1.29 is 19.5 Å². The molecule has 0 fully saturated rings. The molecule has 0 heterocycles. The fourth-order valence-electron chi connectivity index (χ4n) is 1.38. The van der Waals surface area contributed by atoms with Crippen molar-refractivity contribution in [3.8, 4) is 0 Å². The molecule has 7 heteroatoms. The Bertz CT molecular complexity index is 530. The molecule has 0 saturated carbocycles. The van der Waals surface area contributed by atoms with Gasteiger partial charge in [0.25, 0.3) is 5.91 Å². The number of rotatable bonds is 5. The molecule has 0 aliphatic carbocycles. The fraction of sp³-hybridized carbons (Fsp3) is 0.250. The first kappa shape index (κ1) is 15.2. The van der Waals surface area contributed by atoms with Crippen molar-refractivity contribution in [3.05, 3.63) is 33.8 Å². The van der Waals surface area contributed by atoms with Crippen molar-refractivity contribution in [1.29, 1.82) is 0 Å². The number of aliphatic carboxylic acids is 1. The predicted molar refractivity (Wildman–Crippen MR) is 71.6 cm³/mol. The van der Waals surface area contributed by atoms with Gasteiger partial charge in [0.1, 0.15) is 6.04 Å². The van der Waals surface area contributed by atoms with Crippen LogP contribution in [0.25, 0.3) is 0 Å². The molecule has 1 rings (SSSR count). The number of amides is 2. The molecule has 19 heavy (non-hydrogen) atoms. The highest BCUT2D eigenvalue weighted by molar-refractivity contribution is 9.10. The van der Waals surface area contributed by atoms with Crippen molar-refractivity contribution >= 4 is 33.7 Å². The number of nitrogens with two attached hydrogens (primary N) is 1. The minimum absolute atomic E-state index is 0.299. The summed E-state index contributed by atoms with van der Waals surface area (Å²) in [6.07, 6.45) is -0.450. The molecule has 0 aliphatic rings. The third-order valence-electron chi connectivity index (χ3n) is 2.44. The van der Waals surface area contributed by atoms with E-state index in [2.05, 4.69) is 21.2 Å². The lowest BCUT2D eigenvalue weighted by Gasteiger charge is -2.13. The van der Waals surface area contributed by atoms with Gasteiger partial charge in [0.2, 0.25) is 5.91 Å². The summed E-state index contributed by atoms with van der Waals surface area (Å²) in [5.41, 5.74) is 6.18. The van der Waals surface area contributed by atoms with Crippen molar-refractivity contribution in [3.63, 3.8) is 0 Å². The topological polar surface area (TPSA) is 109 Å². The molecular weight excluding hydrogens is 316 g/mol. The van der Waals surface area contributed by atoms with Gasteiger partial charge < -0.3 is 16.2 Å². The summed E-state index contributed by atoms with van der Waals surface area (Å²) >= 11 is 3.28. The number of nitrogens with one attached hydrogen (secondary N) is 1. The number of hydrogen-bond acceptors (Lipinski definition) is 3. The van der Waals surface area contributed by atoms with E-state index in [1.807, 2.05) is 6.92 Å². The molecule has 0 aliphatic heterocycles. The first-order valence-corrected chi connectivity index (χ1v) is 6.18. The molecule has 0 saturated heterocycles. The third-order valence-corrected chi connectivity index (χ3v) is 3.30. The number of carbonyl (C=O) groups is 3. The zero-order valence-electron chi connectivity index (χ0n) is 10.1. The lowest BCUT2D eigenvalue weighted by molar-refractivity contribution is -0.140. The van der Waals surface area contributed by atoms with Gasteiger partial charge in [0.05, 0.1) is 6.42 Å². The third kappa shape index (κ3) is 4.36. The summed E-state index contributed by atoms with van der Waals surface area (Å²) in [6, 6.07) is 3.54. The Morgan fingerprint density at radius 2 is 2.05 bits per heavy atom. The molecule has 102 valence electrons. The summed E-state index contributed by atoms with van der Waals surface area (Å²) in [5, 5.41) is 11.1. The SMILES string of the molecule is Cc1ccc(C(=O)NC(CC(N)=O)C(=O)O)cc1Br. The molecular formula is C12H13BrN2O4. The van der Waals surface area contributed by atoms with Crippen LogP contribution in [0.2, 0.25) is 0 Å². The summed E-state index contributed by atoms with van der Waals surface area (Å²) in [7, 11) is 0. The maximum atomic E-state index is 11.9. The maximum Gasteiger partial charge on any atom is 0.326 e. The Labute approximate surface area is 118 Å². The molecule has 1 aromatic carbocycles.